The van der Waals surface area contributed by atoms with Gasteiger partial charge < -0.3 is 0 Å². The molecule has 0 aliphatic heterocycles. The maximum atomic E-state index is 7.18. The number of nitriles is 1. The summed E-state index contributed by atoms with van der Waals surface area (Å²) in [7, 11) is 0. The summed E-state index contributed by atoms with van der Waals surface area (Å²) >= 11 is 3.09. The molecule has 4 heteroatoms. The van der Waals surface area contributed by atoms with E-state index in [2.05, 4.69) is 12.6 Å². The molecule has 0 aromatic heterocycles. The van der Waals surface area contributed by atoms with Crippen LogP contribution < -0.4 is 0 Å². The molecular weight excluding hydrogens is 100 g/mol. The van der Waals surface area contributed by atoms with Crippen molar-refractivity contribution < 1.29 is 0 Å². The summed E-state index contributed by atoms with van der Waals surface area (Å²) in [5.41, 5.74) is 0. The fourth-order valence-electron chi connectivity index (χ4n) is 0. The van der Waals surface area contributed by atoms with E-state index in [1.54, 1.807) is 0 Å². The van der Waals surface area contributed by atoms with E-state index in [9.17, 15) is 0 Å². The molecule has 0 aromatic carbocycles. The topological polar surface area (TPSA) is 23.8 Å². The first-order valence-corrected chi connectivity index (χ1v) is 0.894. The van der Waals surface area contributed by atoms with Crippen LogP contribution in [0.25, 0.3) is 0 Å². The van der Waals surface area contributed by atoms with Crippen LogP contribution in [0.3, 0.4) is 0 Å². The Balaban J connectivity index is -0.0000000200. The number of hydrogen-bond acceptors (Lipinski definition) is 2. The Kier molecular flexibility index (Phi) is 75.7. The molecule has 0 fully saturated rings. The van der Waals surface area contributed by atoms with Crippen LogP contribution in [-0.4, -0.2) is 18.9 Å². The van der Waals surface area contributed by atoms with Crippen LogP contribution in [0.5, 0.6) is 0 Å². The van der Waals surface area contributed by atoms with Crippen molar-refractivity contribution in [2.45, 2.75) is 0 Å². The van der Waals surface area contributed by atoms with Crippen molar-refractivity contribution in [3.63, 3.8) is 0 Å². The monoisotopic (exact) mass is 103 g/mol. The van der Waals surface area contributed by atoms with Crippen LogP contribution in [0, 0.1) is 10.7 Å². The quantitative estimate of drug-likeness (QED) is 0.264. The van der Waals surface area contributed by atoms with Crippen molar-refractivity contribution in [2.24, 2.45) is 0 Å². The van der Waals surface area contributed by atoms with Crippen LogP contribution in [0.4, 0.5) is 0 Å². The van der Waals surface area contributed by atoms with Gasteiger partial charge >= 0.3 is 18.9 Å². The third kappa shape index (κ3) is 66.5. The van der Waals surface area contributed by atoms with E-state index < -0.39 is 0 Å². The van der Waals surface area contributed by atoms with Gasteiger partial charge in [0.25, 0.3) is 0 Å². The van der Waals surface area contributed by atoms with Gasteiger partial charge in [0.1, 0.15) is 5.40 Å². The number of rotatable bonds is 0. The molecule has 5 heavy (non-hydrogen) atoms. The Labute approximate surface area is 54.7 Å². The van der Waals surface area contributed by atoms with Crippen LogP contribution in [0.1, 0.15) is 0 Å². The molecule has 1 nitrogen and oxygen atoms in total. The van der Waals surface area contributed by atoms with Gasteiger partial charge in [-0.05, 0) is 0 Å². The van der Waals surface area contributed by atoms with Gasteiger partial charge in [-0.2, -0.15) is 5.26 Å². The molecule has 0 saturated heterocycles. The normalized spacial score (nSPS) is 1.60. The van der Waals surface area contributed by atoms with E-state index in [0.717, 1.165) is 0 Å². The number of thiocyanates is 1. The fraction of sp³-hybridized carbons (Fsp3) is 0. The molecule has 0 spiro atoms. The summed E-state index contributed by atoms with van der Waals surface area (Å²) in [5, 5.41) is 8.63. The average Bonchev–Trinajstić information content (AvgIpc) is 0.918. The van der Waals surface area contributed by atoms with E-state index in [0.29, 0.717) is 0 Å². The zero-order chi connectivity index (χ0) is 2.71. The minimum atomic E-state index is 0. The number of thiol groups is 1. The summed E-state index contributed by atoms with van der Waals surface area (Å²) in [6, 6.07) is 0. The second-order valence-electron chi connectivity index (χ2n) is 0.100. The third-order valence-corrected chi connectivity index (χ3v) is 0. The van der Waals surface area contributed by atoms with Crippen LogP contribution in [0.15, 0.2) is 0 Å². The van der Waals surface area contributed by atoms with Crippen LogP contribution in [0.2, 0.25) is 0 Å². The number of nitrogens with zero attached hydrogens (tertiary/aromatic N) is 1. The molecule has 0 rings (SSSR count). The van der Waals surface area contributed by atoms with Gasteiger partial charge in [0.2, 0.25) is 0 Å². The Morgan fingerprint density at radius 1 is 1.60 bits per heavy atom. The zero-order valence-electron chi connectivity index (χ0n) is 1.80. The molecule has 0 atom stereocenters. The van der Waals surface area contributed by atoms with Gasteiger partial charge in [-0.25, -0.2) is 0 Å². The van der Waals surface area contributed by atoms with E-state index in [-0.39, 0.29) is 31.3 Å². The van der Waals surface area contributed by atoms with Crippen LogP contribution in [-0.2, 0) is 0 Å². The van der Waals surface area contributed by atoms with Crippen molar-refractivity contribution in [3.05, 3.63) is 0 Å². The predicted molar refractivity (Wildman–Crippen MR) is 29.0 cm³/mol. The minimum absolute atomic E-state index is 0. The molecular formula is CH3ClLiNS. The van der Waals surface area contributed by atoms with Gasteiger partial charge in [-0.3, -0.25) is 0 Å². The summed E-state index contributed by atoms with van der Waals surface area (Å²) in [6.45, 7) is 0. The number of halogens is 1. The average molecular weight is 104 g/mol. The van der Waals surface area contributed by atoms with Crippen molar-refractivity contribution in [3.8, 4) is 5.40 Å². The van der Waals surface area contributed by atoms with E-state index in [4.69, 9.17) is 5.26 Å². The summed E-state index contributed by atoms with van der Waals surface area (Å²) in [4.78, 5) is 0. The Morgan fingerprint density at radius 3 is 1.60 bits per heavy atom. The van der Waals surface area contributed by atoms with Gasteiger partial charge in [0.15, 0.2) is 0 Å². The molecule has 26 valence electrons. The van der Waals surface area contributed by atoms with Crippen molar-refractivity contribution in [1.82, 2.24) is 0 Å². The molecule has 0 unspecified atom stereocenters. The SMILES string of the molecule is Cl.N#CS.[LiH]. The summed E-state index contributed by atoms with van der Waals surface area (Å²) in [6.07, 6.45) is 0. The van der Waals surface area contributed by atoms with Crippen molar-refractivity contribution in [2.75, 3.05) is 0 Å². The van der Waals surface area contributed by atoms with Gasteiger partial charge in [-0.15, -0.1) is 12.4 Å². The molecule has 0 radical (unpaired) electrons. The molecule has 0 aromatic rings. The first kappa shape index (κ1) is 17.2. The summed E-state index contributed by atoms with van der Waals surface area (Å²) in [5.74, 6) is 0. The Hall–Kier alpha value is 0.727. The fourth-order valence-corrected chi connectivity index (χ4v) is 0. The molecule has 0 aliphatic carbocycles. The van der Waals surface area contributed by atoms with Gasteiger partial charge in [0, 0.05) is 0 Å². The second kappa shape index (κ2) is 22.0. The molecule has 0 aliphatic rings. The molecule has 0 amide bonds. The van der Waals surface area contributed by atoms with E-state index in [1.807, 2.05) is 0 Å². The second-order valence-corrected chi connectivity index (χ2v) is 0.300. The Morgan fingerprint density at radius 2 is 1.60 bits per heavy atom. The van der Waals surface area contributed by atoms with Gasteiger partial charge in [-0.1, -0.05) is 12.6 Å². The first-order valence-electron chi connectivity index (χ1n) is 0.447. The zero-order valence-corrected chi connectivity index (χ0v) is 3.51. The molecule has 0 heterocycles. The summed E-state index contributed by atoms with van der Waals surface area (Å²) < 4.78 is 0. The van der Waals surface area contributed by atoms with Crippen LogP contribution >= 0.6 is 25.0 Å². The molecule has 0 N–H and O–H groups in total. The van der Waals surface area contributed by atoms with E-state index in [1.165, 1.54) is 5.40 Å². The van der Waals surface area contributed by atoms with Crippen molar-refractivity contribution in [1.29, 1.82) is 5.26 Å². The van der Waals surface area contributed by atoms with Crippen molar-refractivity contribution >= 4 is 43.9 Å². The number of hydrogen-bond donors (Lipinski definition) is 1. The maximum absolute atomic E-state index is 7.18. The standard InChI is InChI=1S/CHNS.ClH.Li.H/c2-1-3;;;/h3H;1H;;. The van der Waals surface area contributed by atoms with Gasteiger partial charge in [0.05, 0.1) is 0 Å². The molecule has 0 bridgehead atoms. The third-order valence-electron chi connectivity index (χ3n) is 0. The van der Waals surface area contributed by atoms with E-state index >= 15 is 0 Å². The molecule has 0 saturated carbocycles. The first-order chi connectivity index (χ1) is 1.41. The predicted octanol–water partition coefficient (Wildman–Crippen LogP) is 0.171. The Bertz CT molecular complexity index is 33.1.